The van der Waals surface area contributed by atoms with E-state index in [9.17, 15) is 19.2 Å². The normalized spacial score (nSPS) is 22.2. The van der Waals surface area contributed by atoms with E-state index in [2.05, 4.69) is 5.32 Å². The SMILES string of the molecule is C[C@@H](C(=O)OCC(=O)Nc1cccc(C#N)c1)N1C(=O)[C@@H]2CCCC[C@H]2C1=O. The molecule has 3 atom stereocenters. The smallest absolute Gasteiger partial charge is 0.329 e. The van der Waals surface area contributed by atoms with Crippen LogP contribution in [0.25, 0.3) is 0 Å². The van der Waals surface area contributed by atoms with Crippen molar-refractivity contribution in [2.24, 2.45) is 11.8 Å². The molecule has 3 rings (SSSR count). The van der Waals surface area contributed by atoms with Crippen molar-refractivity contribution in [2.45, 2.75) is 38.6 Å². The number of likely N-dealkylation sites (tertiary alicyclic amines) is 1. The Morgan fingerprint density at radius 1 is 1.25 bits per heavy atom. The lowest BCUT2D eigenvalue weighted by molar-refractivity contribution is -0.159. The van der Waals surface area contributed by atoms with Gasteiger partial charge in [-0.25, -0.2) is 4.79 Å². The zero-order valence-corrected chi connectivity index (χ0v) is 15.5. The van der Waals surface area contributed by atoms with E-state index < -0.39 is 24.5 Å². The van der Waals surface area contributed by atoms with Gasteiger partial charge in [0, 0.05) is 5.69 Å². The average molecular weight is 383 g/mol. The van der Waals surface area contributed by atoms with Gasteiger partial charge in [-0.3, -0.25) is 19.3 Å². The number of rotatable bonds is 5. The molecule has 0 unspecified atom stereocenters. The van der Waals surface area contributed by atoms with Gasteiger partial charge in [-0.05, 0) is 38.0 Å². The second-order valence-corrected chi connectivity index (χ2v) is 7.07. The molecule has 1 saturated heterocycles. The van der Waals surface area contributed by atoms with E-state index in [1.54, 1.807) is 18.2 Å². The molecule has 1 aromatic carbocycles. The van der Waals surface area contributed by atoms with Crippen molar-refractivity contribution in [3.63, 3.8) is 0 Å². The molecule has 1 aromatic rings. The monoisotopic (exact) mass is 383 g/mol. The van der Waals surface area contributed by atoms with E-state index in [0.717, 1.165) is 17.7 Å². The number of nitrogens with one attached hydrogen (secondary N) is 1. The number of benzene rings is 1. The molecule has 8 nitrogen and oxygen atoms in total. The first-order chi connectivity index (χ1) is 13.4. The molecule has 8 heteroatoms. The minimum absolute atomic E-state index is 0.322. The molecule has 1 aliphatic heterocycles. The van der Waals surface area contributed by atoms with Crippen LogP contribution >= 0.6 is 0 Å². The van der Waals surface area contributed by atoms with Gasteiger partial charge < -0.3 is 10.1 Å². The third-order valence-electron chi connectivity index (χ3n) is 5.22. The highest BCUT2D eigenvalue weighted by molar-refractivity contribution is 6.08. The van der Waals surface area contributed by atoms with E-state index >= 15 is 0 Å². The van der Waals surface area contributed by atoms with Gasteiger partial charge in [-0.1, -0.05) is 18.9 Å². The maximum absolute atomic E-state index is 12.5. The minimum atomic E-state index is -1.07. The van der Waals surface area contributed by atoms with Crippen LogP contribution in [0.3, 0.4) is 0 Å². The summed E-state index contributed by atoms with van der Waals surface area (Å²) in [5, 5.41) is 11.4. The van der Waals surface area contributed by atoms with Crippen LogP contribution in [-0.2, 0) is 23.9 Å². The molecule has 1 N–H and O–H groups in total. The van der Waals surface area contributed by atoms with Crippen molar-refractivity contribution < 1.29 is 23.9 Å². The lowest BCUT2D eigenvalue weighted by Crippen LogP contribution is -2.45. The molecule has 2 fully saturated rings. The lowest BCUT2D eigenvalue weighted by Gasteiger charge is -2.21. The summed E-state index contributed by atoms with van der Waals surface area (Å²) in [6.45, 7) is 0.882. The van der Waals surface area contributed by atoms with E-state index in [-0.39, 0.29) is 23.7 Å². The number of hydrogen-bond acceptors (Lipinski definition) is 6. The van der Waals surface area contributed by atoms with Gasteiger partial charge in [0.25, 0.3) is 5.91 Å². The number of carbonyl (C=O) groups excluding carboxylic acids is 4. The predicted molar refractivity (Wildman–Crippen MR) is 97.5 cm³/mol. The predicted octanol–water partition coefficient (Wildman–Crippen LogP) is 1.60. The van der Waals surface area contributed by atoms with Gasteiger partial charge in [0.15, 0.2) is 6.61 Å². The van der Waals surface area contributed by atoms with Crippen molar-refractivity contribution in [3.8, 4) is 6.07 Å². The van der Waals surface area contributed by atoms with Crippen LogP contribution in [0.1, 0.15) is 38.2 Å². The highest BCUT2D eigenvalue weighted by Crippen LogP contribution is 2.38. The summed E-state index contributed by atoms with van der Waals surface area (Å²) in [6.07, 6.45) is 3.13. The van der Waals surface area contributed by atoms with Gasteiger partial charge in [0.2, 0.25) is 11.8 Å². The molecular formula is C20H21N3O5. The maximum Gasteiger partial charge on any atom is 0.329 e. The molecule has 0 spiro atoms. The van der Waals surface area contributed by atoms with Crippen molar-refractivity contribution in [1.82, 2.24) is 4.90 Å². The summed E-state index contributed by atoms with van der Waals surface area (Å²) >= 11 is 0. The number of ether oxygens (including phenoxy) is 1. The number of fused-ring (bicyclic) bond motifs is 1. The molecule has 146 valence electrons. The Morgan fingerprint density at radius 2 is 1.89 bits per heavy atom. The topological polar surface area (TPSA) is 117 Å². The number of anilines is 1. The second kappa shape index (κ2) is 8.21. The summed E-state index contributed by atoms with van der Waals surface area (Å²) in [5.74, 6) is -2.71. The van der Waals surface area contributed by atoms with Gasteiger partial charge in [-0.15, -0.1) is 0 Å². The first-order valence-electron chi connectivity index (χ1n) is 9.26. The van der Waals surface area contributed by atoms with Crippen LogP contribution in [0.4, 0.5) is 5.69 Å². The zero-order valence-electron chi connectivity index (χ0n) is 15.5. The van der Waals surface area contributed by atoms with Gasteiger partial charge in [0.1, 0.15) is 6.04 Å². The quantitative estimate of drug-likeness (QED) is 0.610. The highest BCUT2D eigenvalue weighted by atomic mass is 16.5. The van der Waals surface area contributed by atoms with Crippen LogP contribution in [0.2, 0.25) is 0 Å². The fourth-order valence-electron chi connectivity index (χ4n) is 3.80. The standard InChI is InChI=1S/C20H21N3O5/c1-12(23-18(25)15-7-2-3-8-16(15)19(23)26)20(27)28-11-17(24)22-14-6-4-5-13(9-14)10-21/h4-6,9,12,15-16H,2-3,7-8,11H2,1H3,(H,22,24)/t12-,15+,16+/m0/s1. The first-order valence-corrected chi connectivity index (χ1v) is 9.26. The molecular weight excluding hydrogens is 362 g/mol. The number of nitriles is 1. The average Bonchev–Trinajstić information content (AvgIpc) is 2.96. The molecule has 1 saturated carbocycles. The number of carbonyl (C=O) groups is 4. The van der Waals surface area contributed by atoms with Crippen LogP contribution in [0, 0.1) is 23.2 Å². The van der Waals surface area contributed by atoms with Gasteiger partial charge >= 0.3 is 5.97 Å². The third kappa shape index (κ3) is 3.88. The van der Waals surface area contributed by atoms with Crippen molar-refractivity contribution >= 4 is 29.4 Å². The van der Waals surface area contributed by atoms with E-state index in [0.29, 0.717) is 24.1 Å². The fraction of sp³-hybridized carbons (Fsp3) is 0.450. The first kappa shape index (κ1) is 19.5. The van der Waals surface area contributed by atoms with E-state index in [4.69, 9.17) is 10.00 Å². The molecule has 0 aromatic heterocycles. The Morgan fingerprint density at radius 3 is 2.50 bits per heavy atom. The molecule has 1 aliphatic carbocycles. The molecule has 0 radical (unpaired) electrons. The van der Waals surface area contributed by atoms with E-state index in [1.165, 1.54) is 13.0 Å². The van der Waals surface area contributed by atoms with Crippen LogP contribution in [0.15, 0.2) is 24.3 Å². The second-order valence-electron chi connectivity index (χ2n) is 7.07. The van der Waals surface area contributed by atoms with Crippen LogP contribution < -0.4 is 5.32 Å². The number of esters is 1. The van der Waals surface area contributed by atoms with Crippen LogP contribution in [-0.4, -0.2) is 41.2 Å². The third-order valence-corrected chi connectivity index (χ3v) is 5.22. The Balaban J connectivity index is 1.55. The minimum Gasteiger partial charge on any atom is -0.454 e. The summed E-state index contributed by atoms with van der Waals surface area (Å²) in [7, 11) is 0. The number of nitrogens with zero attached hydrogens (tertiary/aromatic N) is 2. The number of imide groups is 1. The van der Waals surface area contributed by atoms with Gasteiger partial charge in [0.05, 0.1) is 23.5 Å². The van der Waals surface area contributed by atoms with E-state index in [1.807, 2.05) is 6.07 Å². The molecule has 0 bridgehead atoms. The largest absolute Gasteiger partial charge is 0.454 e. The summed E-state index contributed by atoms with van der Waals surface area (Å²) < 4.78 is 4.99. The number of amides is 3. The van der Waals surface area contributed by atoms with Crippen molar-refractivity contribution in [2.75, 3.05) is 11.9 Å². The Labute approximate surface area is 162 Å². The summed E-state index contributed by atoms with van der Waals surface area (Å²) in [5.41, 5.74) is 0.790. The highest BCUT2D eigenvalue weighted by Gasteiger charge is 2.51. The van der Waals surface area contributed by atoms with Crippen molar-refractivity contribution in [1.29, 1.82) is 5.26 Å². The number of hydrogen-bond donors (Lipinski definition) is 1. The Hall–Kier alpha value is -3.21. The van der Waals surface area contributed by atoms with Gasteiger partial charge in [-0.2, -0.15) is 5.26 Å². The Kier molecular flexibility index (Phi) is 5.73. The summed E-state index contributed by atoms with van der Waals surface area (Å²) in [6, 6.07) is 7.20. The fourth-order valence-corrected chi connectivity index (χ4v) is 3.80. The maximum atomic E-state index is 12.5. The molecule has 2 aliphatic rings. The zero-order chi connectivity index (χ0) is 20.3. The van der Waals surface area contributed by atoms with Crippen LogP contribution in [0.5, 0.6) is 0 Å². The lowest BCUT2D eigenvalue weighted by atomic mass is 9.81. The molecule has 1 heterocycles. The molecule has 3 amide bonds. The Bertz CT molecular complexity index is 836. The van der Waals surface area contributed by atoms with Crippen molar-refractivity contribution in [3.05, 3.63) is 29.8 Å². The molecule has 28 heavy (non-hydrogen) atoms. The summed E-state index contributed by atoms with van der Waals surface area (Å²) in [4.78, 5) is 50.3.